The van der Waals surface area contributed by atoms with Gasteiger partial charge < -0.3 is 9.88 Å². The molecule has 8 heteroatoms. The molecule has 1 fully saturated rings. The molecule has 2 N–H and O–H groups in total. The maximum absolute atomic E-state index is 12.8. The van der Waals surface area contributed by atoms with Crippen molar-refractivity contribution >= 4 is 26.6 Å². The first-order chi connectivity index (χ1) is 14.0. The Morgan fingerprint density at radius 3 is 2.83 bits per heavy atom. The number of nitrogens with zero attached hydrogens (tertiary/aromatic N) is 4. The molecule has 1 saturated carbocycles. The number of fused-ring (bicyclic) bond motifs is 1. The molecular weight excluding hydrogens is 384 g/mol. The highest BCUT2D eigenvalue weighted by Gasteiger charge is 2.27. The monoisotopic (exact) mass is 412 g/mol. The summed E-state index contributed by atoms with van der Waals surface area (Å²) in [6, 6.07) is 6.30. The molecule has 1 aliphatic rings. The summed E-state index contributed by atoms with van der Waals surface area (Å²) in [5, 5.41) is 1.04. The summed E-state index contributed by atoms with van der Waals surface area (Å²) in [4.78, 5) is 18.3. The number of nitrogens with one attached hydrogen (secondary N) is 2. The number of anilines is 1. The molecular formula is C21H28N6OS. The van der Waals surface area contributed by atoms with Crippen molar-refractivity contribution in [3.8, 4) is 0 Å². The van der Waals surface area contributed by atoms with Gasteiger partial charge in [-0.05, 0) is 55.7 Å². The molecule has 1 atom stereocenters. The second-order valence-corrected chi connectivity index (χ2v) is 10.4. The van der Waals surface area contributed by atoms with Gasteiger partial charge in [-0.15, -0.1) is 0 Å². The van der Waals surface area contributed by atoms with Gasteiger partial charge in [-0.25, -0.2) is 14.2 Å². The van der Waals surface area contributed by atoms with Crippen LogP contribution in [0.2, 0.25) is 0 Å². The second-order valence-electron chi connectivity index (χ2n) is 8.02. The Morgan fingerprint density at radius 1 is 1.24 bits per heavy atom. The standard InChI is InChI=1S/C21H28N6OS/c1-27(21-19-8-11-24-20(19)25-15-26-21)18-6-4-17(5-7-18)14-29(22,28)12-9-16-3-2-10-23-13-16/h2-3,8,10-11,13,15,17-18,22H,4-7,9,12,14H2,1H3,(H,24,25,26). The van der Waals surface area contributed by atoms with E-state index in [9.17, 15) is 4.21 Å². The van der Waals surface area contributed by atoms with E-state index in [0.29, 0.717) is 29.9 Å². The Bertz CT molecular complexity index is 1040. The first-order valence-corrected chi connectivity index (χ1v) is 12.1. The van der Waals surface area contributed by atoms with Gasteiger partial charge in [-0.1, -0.05) is 6.07 Å². The molecule has 3 aromatic heterocycles. The summed E-state index contributed by atoms with van der Waals surface area (Å²) < 4.78 is 21.1. The van der Waals surface area contributed by atoms with E-state index in [0.717, 1.165) is 48.1 Å². The van der Waals surface area contributed by atoms with Crippen molar-refractivity contribution < 1.29 is 4.21 Å². The Morgan fingerprint density at radius 2 is 2.07 bits per heavy atom. The topological polar surface area (TPSA) is 98.6 Å². The average molecular weight is 413 g/mol. The van der Waals surface area contributed by atoms with Crippen LogP contribution in [0.1, 0.15) is 31.2 Å². The molecule has 0 amide bonds. The lowest BCUT2D eigenvalue weighted by Crippen LogP contribution is -2.37. The highest BCUT2D eigenvalue weighted by molar-refractivity contribution is 7.92. The summed E-state index contributed by atoms with van der Waals surface area (Å²) >= 11 is 0. The number of rotatable bonds is 7. The van der Waals surface area contributed by atoms with Crippen LogP contribution in [-0.4, -0.2) is 48.7 Å². The van der Waals surface area contributed by atoms with Gasteiger partial charge in [0.05, 0.1) is 5.39 Å². The lowest BCUT2D eigenvalue weighted by atomic mass is 9.86. The number of hydrogen-bond donors (Lipinski definition) is 2. The fourth-order valence-corrected chi connectivity index (χ4v) is 6.13. The minimum Gasteiger partial charge on any atom is -0.356 e. The third kappa shape index (κ3) is 4.75. The molecule has 1 unspecified atom stereocenters. The lowest BCUT2D eigenvalue weighted by Gasteiger charge is -2.35. The third-order valence-electron chi connectivity index (χ3n) is 5.98. The number of hydrogen-bond acceptors (Lipinski definition) is 6. The summed E-state index contributed by atoms with van der Waals surface area (Å²) in [7, 11) is -0.458. The smallest absolute Gasteiger partial charge is 0.142 e. The predicted molar refractivity (Wildman–Crippen MR) is 117 cm³/mol. The van der Waals surface area contributed by atoms with Crippen molar-refractivity contribution in [3.63, 3.8) is 0 Å². The number of H-pyrrole nitrogens is 1. The van der Waals surface area contributed by atoms with Crippen molar-refractivity contribution in [2.24, 2.45) is 5.92 Å². The molecule has 0 aromatic carbocycles. The summed E-state index contributed by atoms with van der Waals surface area (Å²) in [5.41, 5.74) is 1.91. The van der Waals surface area contributed by atoms with E-state index >= 15 is 0 Å². The zero-order chi connectivity index (χ0) is 20.3. The van der Waals surface area contributed by atoms with Gasteiger partial charge in [0.1, 0.15) is 17.8 Å². The number of aryl methyl sites for hydroxylation is 1. The Kier molecular flexibility index (Phi) is 5.80. The molecule has 0 radical (unpaired) electrons. The van der Waals surface area contributed by atoms with Crippen LogP contribution in [0.3, 0.4) is 0 Å². The van der Waals surface area contributed by atoms with Crippen LogP contribution in [0, 0.1) is 10.7 Å². The highest BCUT2D eigenvalue weighted by Crippen LogP contribution is 2.32. The number of aromatic amines is 1. The fraction of sp³-hybridized carbons (Fsp3) is 0.476. The zero-order valence-electron chi connectivity index (χ0n) is 16.8. The summed E-state index contributed by atoms with van der Waals surface area (Å²) in [5.74, 6) is 2.26. The highest BCUT2D eigenvalue weighted by atomic mass is 32.2. The van der Waals surface area contributed by atoms with Crippen LogP contribution in [0.4, 0.5) is 5.82 Å². The quantitative estimate of drug-likeness (QED) is 0.617. The van der Waals surface area contributed by atoms with Crippen molar-refractivity contribution in [1.82, 2.24) is 19.9 Å². The van der Waals surface area contributed by atoms with E-state index < -0.39 is 9.73 Å². The molecule has 3 heterocycles. The minimum atomic E-state index is -2.56. The predicted octanol–water partition coefficient (Wildman–Crippen LogP) is 3.64. The van der Waals surface area contributed by atoms with Crippen LogP contribution in [0.25, 0.3) is 11.0 Å². The van der Waals surface area contributed by atoms with Gasteiger partial charge >= 0.3 is 0 Å². The molecule has 1 aliphatic carbocycles. The number of aromatic nitrogens is 4. The van der Waals surface area contributed by atoms with Gasteiger partial charge in [-0.3, -0.25) is 9.76 Å². The SMILES string of the molecule is CN(c1ncnc2[nH]ccc12)C1CCC(CS(=N)(=O)CCc2cccnc2)CC1. The van der Waals surface area contributed by atoms with Gasteiger partial charge in [0.2, 0.25) is 0 Å². The normalized spacial score (nSPS) is 21.7. The Balaban J connectivity index is 1.31. The van der Waals surface area contributed by atoms with Crippen LogP contribution < -0.4 is 4.90 Å². The van der Waals surface area contributed by atoms with E-state index in [2.05, 4.69) is 31.9 Å². The number of pyridine rings is 1. The van der Waals surface area contributed by atoms with Crippen molar-refractivity contribution in [3.05, 3.63) is 48.7 Å². The summed E-state index contributed by atoms with van der Waals surface area (Å²) in [6.45, 7) is 0. The lowest BCUT2D eigenvalue weighted by molar-refractivity contribution is 0.342. The Labute approximate surface area is 172 Å². The first kappa shape index (κ1) is 19.8. The molecule has 29 heavy (non-hydrogen) atoms. The molecule has 4 rings (SSSR count). The molecule has 0 aliphatic heterocycles. The van der Waals surface area contributed by atoms with Crippen molar-refractivity contribution in [2.45, 2.75) is 38.1 Å². The molecule has 3 aromatic rings. The van der Waals surface area contributed by atoms with E-state index in [1.165, 1.54) is 0 Å². The van der Waals surface area contributed by atoms with Crippen molar-refractivity contribution in [2.75, 3.05) is 23.5 Å². The summed E-state index contributed by atoms with van der Waals surface area (Å²) in [6.07, 6.45) is 11.8. The minimum absolute atomic E-state index is 0.372. The van der Waals surface area contributed by atoms with Gasteiger partial charge in [0.25, 0.3) is 0 Å². The molecule has 154 valence electrons. The maximum atomic E-state index is 12.8. The van der Waals surface area contributed by atoms with Crippen LogP contribution in [0.15, 0.2) is 43.1 Å². The van der Waals surface area contributed by atoms with Crippen LogP contribution in [-0.2, 0) is 16.1 Å². The largest absolute Gasteiger partial charge is 0.356 e. The van der Waals surface area contributed by atoms with Crippen LogP contribution >= 0.6 is 0 Å². The van der Waals surface area contributed by atoms with E-state index in [-0.39, 0.29) is 0 Å². The third-order valence-corrected chi connectivity index (χ3v) is 7.85. The van der Waals surface area contributed by atoms with Gasteiger partial charge in [-0.2, -0.15) is 0 Å². The Hall–Kier alpha value is -2.48. The second kappa shape index (κ2) is 8.49. The van der Waals surface area contributed by atoms with E-state index in [4.69, 9.17) is 4.78 Å². The molecule has 7 nitrogen and oxygen atoms in total. The van der Waals surface area contributed by atoms with E-state index in [1.807, 2.05) is 24.4 Å². The average Bonchev–Trinajstić information content (AvgIpc) is 3.22. The van der Waals surface area contributed by atoms with Crippen molar-refractivity contribution in [1.29, 1.82) is 4.78 Å². The zero-order valence-corrected chi connectivity index (χ0v) is 17.6. The molecule has 0 bridgehead atoms. The fourth-order valence-electron chi connectivity index (χ4n) is 4.30. The first-order valence-electron chi connectivity index (χ1n) is 10.2. The molecule has 0 spiro atoms. The van der Waals surface area contributed by atoms with E-state index in [1.54, 1.807) is 18.7 Å². The van der Waals surface area contributed by atoms with Crippen LogP contribution in [0.5, 0.6) is 0 Å². The maximum Gasteiger partial charge on any atom is 0.142 e. The van der Waals surface area contributed by atoms with Gasteiger partial charge in [0, 0.05) is 52.9 Å². The van der Waals surface area contributed by atoms with Gasteiger partial charge in [0.15, 0.2) is 0 Å². The molecule has 0 saturated heterocycles.